The van der Waals surface area contributed by atoms with Gasteiger partial charge in [-0.05, 0) is 6.42 Å². The third-order valence-electron chi connectivity index (χ3n) is 0.857. The quantitative estimate of drug-likeness (QED) is 0.450. The van der Waals surface area contributed by atoms with Crippen LogP contribution in [0, 0.1) is 0 Å². The second-order valence-electron chi connectivity index (χ2n) is 1.94. The lowest BCUT2D eigenvalue weighted by atomic mass is 10.5. The SMILES string of the molecule is CCCOCOC(F)(F)CF. The Bertz CT molecular complexity index is 97.8. The molecule has 11 heavy (non-hydrogen) atoms. The second kappa shape index (κ2) is 5.37. The van der Waals surface area contributed by atoms with E-state index in [-0.39, 0.29) is 0 Å². The molecule has 0 saturated heterocycles. The van der Waals surface area contributed by atoms with Gasteiger partial charge in [-0.15, -0.1) is 0 Å². The molecule has 0 bridgehead atoms. The molecule has 5 heteroatoms. The van der Waals surface area contributed by atoms with Gasteiger partial charge < -0.3 is 4.74 Å². The second-order valence-corrected chi connectivity index (χ2v) is 1.94. The van der Waals surface area contributed by atoms with E-state index in [2.05, 4.69) is 9.47 Å². The summed E-state index contributed by atoms with van der Waals surface area (Å²) in [6, 6.07) is 0. The predicted octanol–water partition coefficient (Wildman–Crippen LogP) is 1.95. The van der Waals surface area contributed by atoms with E-state index in [9.17, 15) is 13.2 Å². The first-order chi connectivity index (χ1) is 5.12. The minimum Gasteiger partial charge on any atom is -0.355 e. The summed E-state index contributed by atoms with van der Waals surface area (Å²) in [5, 5.41) is 0. The van der Waals surface area contributed by atoms with Crippen LogP contribution in [0.15, 0.2) is 0 Å². The summed E-state index contributed by atoms with van der Waals surface area (Å²) in [6.07, 6.45) is -2.99. The van der Waals surface area contributed by atoms with Crippen LogP contribution in [0.4, 0.5) is 13.2 Å². The minimum atomic E-state index is -3.70. The molecule has 0 amide bonds. The number of halogens is 3. The van der Waals surface area contributed by atoms with Crippen LogP contribution in [0.3, 0.4) is 0 Å². The Morgan fingerprint density at radius 1 is 1.36 bits per heavy atom. The zero-order valence-electron chi connectivity index (χ0n) is 6.28. The fourth-order valence-electron chi connectivity index (χ4n) is 0.370. The monoisotopic (exact) mass is 172 g/mol. The van der Waals surface area contributed by atoms with Crippen LogP contribution in [0.25, 0.3) is 0 Å². The Morgan fingerprint density at radius 3 is 2.45 bits per heavy atom. The predicted molar refractivity (Wildman–Crippen MR) is 33.1 cm³/mol. The van der Waals surface area contributed by atoms with Crippen molar-refractivity contribution in [1.29, 1.82) is 0 Å². The molecule has 0 aromatic heterocycles. The van der Waals surface area contributed by atoms with Crippen molar-refractivity contribution < 1.29 is 22.6 Å². The number of alkyl halides is 3. The van der Waals surface area contributed by atoms with Crippen LogP contribution in [-0.2, 0) is 9.47 Å². The molecule has 0 unspecified atom stereocenters. The van der Waals surface area contributed by atoms with E-state index in [1.807, 2.05) is 6.92 Å². The number of rotatable bonds is 6. The first-order valence-corrected chi connectivity index (χ1v) is 3.28. The molecule has 0 fully saturated rings. The maximum Gasteiger partial charge on any atom is 0.386 e. The highest BCUT2D eigenvalue weighted by Gasteiger charge is 2.29. The largest absolute Gasteiger partial charge is 0.386 e. The summed E-state index contributed by atoms with van der Waals surface area (Å²) < 4.78 is 43.5. The van der Waals surface area contributed by atoms with Gasteiger partial charge in [0.2, 0.25) is 0 Å². The summed E-state index contributed by atoms with van der Waals surface area (Å²) >= 11 is 0. The van der Waals surface area contributed by atoms with Crippen molar-refractivity contribution in [2.24, 2.45) is 0 Å². The van der Waals surface area contributed by atoms with E-state index in [0.717, 1.165) is 0 Å². The maximum atomic E-state index is 11.9. The minimum absolute atomic E-state index is 0.336. The lowest BCUT2D eigenvalue weighted by Crippen LogP contribution is -2.24. The van der Waals surface area contributed by atoms with Gasteiger partial charge in [0, 0.05) is 6.61 Å². The summed E-state index contributed by atoms with van der Waals surface area (Å²) in [5.41, 5.74) is 0. The van der Waals surface area contributed by atoms with Gasteiger partial charge in [0.15, 0.2) is 13.5 Å². The van der Waals surface area contributed by atoms with E-state index >= 15 is 0 Å². The van der Waals surface area contributed by atoms with Gasteiger partial charge in [-0.1, -0.05) is 6.92 Å². The van der Waals surface area contributed by atoms with Gasteiger partial charge in [-0.2, -0.15) is 8.78 Å². The lowest BCUT2D eigenvalue weighted by molar-refractivity contribution is -0.281. The number of ether oxygens (including phenoxy) is 2. The first kappa shape index (κ1) is 10.7. The Labute approximate surface area is 63.3 Å². The Hall–Kier alpha value is -0.290. The van der Waals surface area contributed by atoms with E-state index < -0.39 is 19.6 Å². The van der Waals surface area contributed by atoms with Crippen LogP contribution in [0.1, 0.15) is 13.3 Å². The average molecular weight is 172 g/mol. The summed E-state index contributed by atoms with van der Waals surface area (Å²) in [6.45, 7) is -0.219. The molecular weight excluding hydrogens is 161 g/mol. The van der Waals surface area contributed by atoms with Crippen LogP contribution in [-0.4, -0.2) is 26.2 Å². The van der Waals surface area contributed by atoms with Gasteiger partial charge in [0.25, 0.3) is 0 Å². The summed E-state index contributed by atoms with van der Waals surface area (Å²) in [5.74, 6) is 0. The molecule has 0 spiro atoms. The van der Waals surface area contributed by atoms with Crippen LogP contribution >= 0.6 is 0 Å². The Morgan fingerprint density at radius 2 is 2.00 bits per heavy atom. The molecule has 68 valence electrons. The Balaban J connectivity index is 3.23. The molecule has 0 atom stereocenters. The third kappa shape index (κ3) is 6.12. The fraction of sp³-hybridized carbons (Fsp3) is 1.00. The molecule has 0 radical (unpaired) electrons. The van der Waals surface area contributed by atoms with Crippen molar-refractivity contribution in [3.8, 4) is 0 Å². The lowest BCUT2D eigenvalue weighted by Gasteiger charge is -2.12. The maximum absolute atomic E-state index is 11.9. The van der Waals surface area contributed by atoms with Gasteiger partial charge in [0.05, 0.1) is 0 Å². The van der Waals surface area contributed by atoms with Crippen LogP contribution in [0.5, 0.6) is 0 Å². The first-order valence-electron chi connectivity index (χ1n) is 3.28. The van der Waals surface area contributed by atoms with E-state index in [0.29, 0.717) is 13.0 Å². The molecule has 0 aliphatic heterocycles. The van der Waals surface area contributed by atoms with Crippen LogP contribution < -0.4 is 0 Å². The molecule has 0 aromatic rings. The molecule has 2 nitrogen and oxygen atoms in total. The molecule has 0 rings (SSSR count). The molecule has 0 aliphatic rings. The number of hydrogen-bond acceptors (Lipinski definition) is 2. The van der Waals surface area contributed by atoms with Crippen molar-refractivity contribution in [3.63, 3.8) is 0 Å². The molecule has 0 saturated carbocycles. The van der Waals surface area contributed by atoms with Crippen molar-refractivity contribution in [2.45, 2.75) is 19.5 Å². The Kier molecular flexibility index (Phi) is 5.23. The van der Waals surface area contributed by atoms with Gasteiger partial charge in [-0.25, -0.2) is 4.39 Å². The molecule has 0 aliphatic carbocycles. The molecular formula is C6H11F3O2. The standard InChI is InChI=1S/C6H11F3O2/c1-2-3-10-5-11-6(8,9)4-7/h2-5H2,1H3. The van der Waals surface area contributed by atoms with Gasteiger partial charge >= 0.3 is 6.11 Å². The fourth-order valence-corrected chi connectivity index (χ4v) is 0.370. The van der Waals surface area contributed by atoms with E-state index in [1.54, 1.807) is 0 Å². The summed E-state index contributed by atoms with van der Waals surface area (Å²) in [7, 11) is 0. The summed E-state index contributed by atoms with van der Waals surface area (Å²) in [4.78, 5) is 0. The van der Waals surface area contributed by atoms with Crippen LogP contribution in [0.2, 0.25) is 0 Å². The van der Waals surface area contributed by atoms with Crippen molar-refractivity contribution >= 4 is 0 Å². The third-order valence-corrected chi connectivity index (χ3v) is 0.857. The normalized spacial score (nSPS) is 12.0. The van der Waals surface area contributed by atoms with Gasteiger partial charge in [-0.3, -0.25) is 4.74 Å². The highest BCUT2D eigenvalue weighted by Crippen LogP contribution is 2.14. The van der Waals surface area contributed by atoms with E-state index in [4.69, 9.17) is 0 Å². The van der Waals surface area contributed by atoms with E-state index in [1.165, 1.54) is 0 Å². The highest BCUT2D eigenvalue weighted by molar-refractivity contribution is 4.44. The zero-order chi connectivity index (χ0) is 8.74. The highest BCUT2D eigenvalue weighted by atomic mass is 19.3. The molecule has 0 heterocycles. The average Bonchev–Trinajstić information content (AvgIpc) is 1.99. The van der Waals surface area contributed by atoms with Crippen molar-refractivity contribution in [1.82, 2.24) is 0 Å². The van der Waals surface area contributed by atoms with Crippen molar-refractivity contribution in [3.05, 3.63) is 0 Å². The van der Waals surface area contributed by atoms with Gasteiger partial charge in [0.1, 0.15) is 0 Å². The topological polar surface area (TPSA) is 18.5 Å². The number of hydrogen-bond donors (Lipinski definition) is 0. The molecule has 0 aromatic carbocycles. The smallest absolute Gasteiger partial charge is 0.355 e. The zero-order valence-corrected chi connectivity index (χ0v) is 6.28. The molecule has 0 N–H and O–H groups in total. The van der Waals surface area contributed by atoms with Crippen molar-refractivity contribution in [2.75, 3.05) is 20.1 Å².